The minimum absolute atomic E-state index is 0.0829. The minimum Gasteiger partial charge on any atom is -0.462 e. The van der Waals surface area contributed by atoms with Crippen molar-refractivity contribution >= 4 is 49.1 Å². The zero-order valence-corrected chi connectivity index (χ0v) is 27.4. The number of ether oxygens (including phenoxy) is 1. The third kappa shape index (κ3) is 5.88. The maximum atomic E-state index is 17.0. The number of hydrogen-bond donors (Lipinski definition) is 1. The predicted molar refractivity (Wildman–Crippen MR) is 174 cm³/mol. The van der Waals surface area contributed by atoms with Crippen LogP contribution in [0.2, 0.25) is 0 Å². The first kappa shape index (κ1) is 34.3. The third-order valence-electron chi connectivity index (χ3n) is 9.44. The Labute approximate surface area is 281 Å². The number of hydrogen-bond acceptors (Lipinski definition) is 9. The Hall–Kier alpha value is -4.62. The van der Waals surface area contributed by atoms with Gasteiger partial charge in [0.1, 0.15) is 41.0 Å². The van der Waals surface area contributed by atoms with Crippen LogP contribution in [0.4, 0.5) is 37.2 Å². The van der Waals surface area contributed by atoms with Crippen molar-refractivity contribution < 1.29 is 35.9 Å². The average Bonchev–Trinajstić information content (AvgIpc) is 3.71. The molecule has 2 aliphatic rings. The normalized spacial score (nSPS) is 21.4. The molecule has 4 heterocycles. The molecule has 6 rings (SSSR count). The Morgan fingerprint density at radius 1 is 1.31 bits per heavy atom. The molecule has 2 fully saturated rings. The number of aromatic nitrogens is 2. The number of carbonyl (C=O) groups is 1. The molecule has 0 spiro atoms. The number of fused-ring (bicyclic) bond motifs is 2. The quantitative estimate of drug-likeness (QED) is 0.177. The van der Waals surface area contributed by atoms with Crippen LogP contribution in [0.15, 0.2) is 30.9 Å². The zero-order chi connectivity index (χ0) is 35.5. The molecule has 0 radical (unpaired) electrons. The fraction of sp³-hybridized carbons (Fsp3) is 0.394. The van der Waals surface area contributed by atoms with Crippen LogP contribution in [0.5, 0.6) is 6.01 Å². The molecule has 2 aromatic heterocycles. The standard InChI is InChI=1S/C33H31F6N7O2S/c1-5-24(47)46-9-8-23(15(46)2)45(4)31-19-11-21(33(37,38)39)26(18-6-7-22(35)29-25(18)20(12-40)30(41)49-29)27(36)28(19)42-32(43-31)48-14-17-10-16(34)13-44(17)3/h5-7,11,15-17,23H,1,8-10,13-14,41H2,2-4H3/t15-,16-,17+,23-/m1/s1. The van der Waals surface area contributed by atoms with E-state index < -0.39 is 58.3 Å². The van der Waals surface area contributed by atoms with Gasteiger partial charge in [0.25, 0.3) is 0 Å². The smallest absolute Gasteiger partial charge is 0.417 e. The van der Waals surface area contributed by atoms with E-state index in [4.69, 9.17) is 10.5 Å². The molecule has 0 saturated carbocycles. The van der Waals surface area contributed by atoms with Crippen molar-refractivity contribution in [3.63, 3.8) is 0 Å². The minimum atomic E-state index is -5.13. The highest BCUT2D eigenvalue weighted by atomic mass is 32.1. The van der Waals surface area contributed by atoms with Crippen LogP contribution in [0.25, 0.3) is 32.1 Å². The zero-order valence-electron chi connectivity index (χ0n) is 26.6. The molecule has 1 amide bonds. The Morgan fingerprint density at radius 2 is 2.04 bits per heavy atom. The van der Waals surface area contributed by atoms with Gasteiger partial charge in [-0.25, -0.2) is 13.2 Å². The van der Waals surface area contributed by atoms with E-state index in [-0.39, 0.29) is 69.4 Å². The number of nitrogens with two attached hydrogens (primary N) is 1. The van der Waals surface area contributed by atoms with Crippen molar-refractivity contribution in [2.75, 3.05) is 44.4 Å². The number of nitrogen functional groups attached to an aromatic ring is 1. The van der Waals surface area contributed by atoms with Gasteiger partial charge in [-0.05, 0) is 50.6 Å². The van der Waals surface area contributed by atoms with E-state index in [9.17, 15) is 32.0 Å². The molecule has 0 bridgehead atoms. The highest BCUT2D eigenvalue weighted by Crippen LogP contribution is 2.48. The summed E-state index contributed by atoms with van der Waals surface area (Å²) in [7, 11) is 3.29. The third-order valence-corrected chi connectivity index (χ3v) is 10.5. The average molecular weight is 704 g/mol. The Kier molecular flexibility index (Phi) is 8.86. The lowest BCUT2D eigenvalue weighted by molar-refractivity contribution is -0.137. The van der Waals surface area contributed by atoms with E-state index in [0.717, 1.165) is 18.2 Å². The molecular weight excluding hydrogens is 672 g/mol. The number of anilines is 2. The van der Waals surface area contributed by atoms with Gasteiger partial charge in [0.05, 0.1) is 21.9 Å². The second kappa shape index (κ2) is 12.7. The molecule has 0 unspecified atom stereocenters. The molecule has 49 heavy (non-hydrogen) atoms. The van der Waals surface area contributed by atoms with Crippen molar-refractivity contribution in [2.45, 2.75) is 50.2 Å². The fourth-order valence-electron chi connectivity index (χ4n) is 6.92. The molecule has 4 atom stereocenters. The number of likely N-dealkylation sites (N-methyl/N-ethyl adjacent to an activating group) is 2. The summed E-state index contributed by atoms with van der Waals surface area (Å²) in [6.45, 7) is 5.75. The predicted octanol–water partition coefficient (Wildman–Crippen LogP) is 6.29. The molecule has 9 nitrogen and oxygen atoms in total. The molecule has 2 aliphatic heterocycles. The Morgan fingerprint density at radius 3 is 2.67 bits per heavy atom. The van der Waals surface area contributed by atoms with E-state index in [1.807, 2.05) is 0 Å². The first-order valence-electron chi connectivity index (χ1n) is 15.3. The van der Waals surface area contributed by atoms with Gasteiger partial charge >= 0.3 is 12.2 Å². The molecule has 16 heteroatoms. The van der Waals surface area contributed by atoms with Gasteiger partial charge in [-0.2, -0.15) is 28.4 Å². The van der Waals surface area contributed by atoms with Crippen molar-refractivity contribution in [3.8, 4) is 23.2 Å². The maximum Gasteiger partial charge on any atom is 0.417 e. The van der Waals surface area contributed by atoms with Crippen molar-refractivity contribution in [1.82, 2.24) is 19.8 Å². The van der Waals surface area contributed by atoms with Gasteiger partial charge in [-0.1, -0.05) is 12.6 Å². The highest BCUT2D eigenvalue weighted by molar-refractivity contribution is 7.23. The maximum absolute atomic E-state index is 17.0. The Balaban J connectivity index is 1.59. The lowest BCUT2D eigenvalue weighted by Gasteiger charge is -2.32. The molecule has 0 aliphatic carbocycles. The first-order chi connectivity index (χ1) is 23.2. The lowest BCUT2D eigenvalue weighted by atomic mass is 9.92. The summed E-state index contributed by atoms with van der Waals surface area (Å²) in [5.41, 5.74) is 2.37. The SMILES string of the molecule is C=CC(=O)N1CC[C@@H](N(C)c2nc(OC[C@@H]3C[C@@H](F)CN3C)nc3c(F)c(-c4ccc(F)c5sc(N)c(C#N)c45)c(C(F)(F)F)cc23)[C@H]1C. The number of halogens is 6. The number of rotatable bonds is 7. The van der Waals surface area contributed by atoms with Crippen LogP contribution in [0, 0.1) is 23.0 Å². The van der Waals surface area contributed by atoms with Crippen LogP contribution in [-0.4, -0.2) is 83.8 Å². The van der Waals surface area contributed by atoms with Crippen molar-refractivity contribution in [2.24, 2.45) is 0 Å². The summed E-state index contributed by atoms with van der Waals surface area (Å²) in [6.07, 6.45) is -4.46. The molecule has 2 saturated heterocycles. The van der Waals surface area contributed by atoms with Crippen LogP contribution in [0.1, 0.15) is 30.9 Å². The summed E-state index contributed by atoms with van der Waals surface area (Å²) in [4.78, 5) is 26.0. The topological polar surface area (TPSA) is 112 Å². The van der Waals surface area contributed by atoms with Crippen molar-refractivity contribution in [1.29, 1.82) is 5.26 Å². The summed E-state index contributed by atoms with van der Waals surface area (Å²) in [5, 5.41) is 9.10. The van der Waals surface area contributed by atoms with Gasteiger partial charge < -0.3 is 20.3 Å². The van der Waals surface area contributed by atoms with Gasteiger partial charge in [0.2, 0.25) is 5.91 Å². The molecule has 2 N–H and O–H groups in total. The second-order valence-electron chi connectivity index (χ2n) is 12.3. The number of benzene rings is 2. The highest BCUT2D eigenvalue weighted by Gasteiger charge is 2.40. The molecule has 2 aromatic carbocycles. The van der Waals surface area contributed by atoms with Crippen LogP contribution >= 0.6 is 11.3 Å². The summed E-state index contributed by atoms with van der Waals surface area (Å²) in [6, 6.07) is 2.79. The number of nitriles is 1. The summed E-state index contributed by atoms with van der Waals surface area (Å²) >= 11 is 0.667. The van der Waals surface area contributed by atoms with Gasteiger partial charge in [0.15, 0.2) is 5.82 Å². The molecular formula is C33H31F6N7O2S. The van der Waals surface area contributed by atoms with Gasteiger partial charge in [-0.15, -0.1) is 11.3 Å². The largest absolute Gasteiger partial charge is 0.462 e. The van der Waals surface area contributed by atoms with Gasteiger partial charge in [-0.3, -0.25) is 9.69 Å². The van der Waals surface area contributed by atoms with Crippen molar-refractivity contribution in [3.05, 3.63) is 53.6 Å². The monoisotopic (exact) mass is 703 g/mol. The Bertz CT molecular complexity index is 2030. The summed E-state index contributed by atoms with van der Waals surface area (Å²) in [5.74, 6) is -2.66. The lowest BCUT2D eigenvalue weighted by Crippen LogP contribution is -2.43. The molecule has 4 aromatic rings. The van der Waals surface area contributed by atoms with Gasteiger partial charge in [0, 0.05) is 48.6 Å². The second-order valence-corrected chi connectivity index (χ2v) is 13.3. The van der Waals surface area contributed by atoms with Crippen LogP contribution in [-0.2, 0) is 11.0 Å². The van der Waals surface area contributed by atoms with Crippen LogP contribution < -0.4 is 15.4 Å². The van der Waals surface area contributed by atoms with Crippen LogP contribution in [0.3, 0.4) is 0 Å². The number of alkyl halides is 4. The first-order valence-corrected chi connectivity index (χ1v) is 16.1. The number of amides is 1. The number of likely N-dealkylation sites (tertiary alicyclic amines) is 2. The number of carbonyl (C=O) groups excluding carboxylic acids is 1. The number of nitrogens with zero attached hydrogens (tertiary/aromatic N) is 6. The van der Waals surface area contributed by atoms with E-state index in [2.05, 4.69) is 16.5 Å². The summed E-state index contributed by atoms with van der Waals surface area (Å²) < 4.78 is 96.4. The number of thiophene rings is 1. The van der Waals surface area contributed by atoms with E-state index in [1.165, 1.54) is 6.08 Å². The fourth-order valence-corrected chi connectivity index (χ4v) is 7.87. The van der Waals surface area contributed by atoms with E-state index in [1.54, 1.807) is 41.8 Å². The van der Waals surface area contributed by atoms with E-state index >= 15 is 4.39 Å². The molecule has 258 valence electrons. The van der Waals surface area contributed by atoms with E-state index in [0.29, 0.717) is 24.3 Å².